The van der Waals surface area contributed by atoms with Gasteiger partial charge in [0.25, 0.3) is 17.5 Å². The Morgan fingerprint density at radius 1 is 1.00 bits per heavy atom. The molecule has 1 aliphatic heterocycles. The Hall–Kier alpha value is -3.81. The van der Waals surface area contributed by atoms with Gasteiger partial charge in [0.1, 0.15) is 12.4 Å². The lowest BCUT2D eigenvalue weighted by atomic mass is 9.63. The fraction of sp³-hybridized carbons (Fsp3) is 0.320. The van der Waals surface area contributed by atoms with E-state index < -0.39 is 4.92 Å². The average molecular weight is 443 g/mol. The molecule has 3 fully saturated rings. The number of carbonyl (C=O) groups excluding carboxylic acids is 2. The number of hydrazone groups is 1. The lowest BCUT2D eigenvalue weighted by molar-refractivity contribution is -0.384. The molecule has 0 spiro atoms. The van der Waals surface area contributed by atoms with E-state index in [1.807, 2.05) is 12.1 Å². The Balaban J connectivity index is 1.18. The van der Waals surface area contributed by atoms with Gasteiger partial charge in [-0.1, -0.05) is 24.3 Å². The average Bonchev–Trinajstić information content (AvgIpc) is 3.61. The van der Waals surface area contributed by atoms with E-state index in [1.165, 1.54) is 18.3 Å². The number of nitrogens with zero attached hydrogens (tertiary/aromatic N) is 3. The minimum atomic E-state index is -0.446. The second-order valence-electron chi connectivity index (χ2n) is 9.14. The lowest BCUT2D eigenvalue weighted by Crippen LogP contribution is -2.40. The molecule has 1 heterocycles. The van der Waals surface area contributed by atoms with E-state index >= 15 is 0 Å². The Labute approximate surface area is 189 Å². The largest absolute Gasteiger partial charge is 0.488 e. The smallest absolute Gasteiger partial charge is 0.269 e. The molecule has 0 N–H and O–H groups in total. The molecule has 2 bridgehead atoms. The van der Waals surface area contributed by atoms with Crippen molar-refractivity contribution in [2.75, 3.05) is 0 Å². The molecule has 1 saturated heterocycles. The van der Waals surface area contributed by atoms with E-state index in [1.54, 1.807) is 24.3 Å². The minimum Gasteiger partial charge on any atom is -0.488 e. The predicted molar refractivity (Wildman–Crippen MR) is 118 cm³/mol. The van der Waals surface area contributed by atoms with Crippen molar-refractivity contribution in [3.8, 4) is 5.75 Å². The highest BCUT2D eigenvalue weighted by Gasteiger charge is 2.67. The van der Waals surface area contributed by atoms with Crippen molar-refractivity contribution >= 4 is 23.7 Å². The van der Waals surface area contributed by atoms with E-state index in [2.05, 4.69) is 17.3 Å². The number of amides is 2. The Morgan fingerprint density at radius 3 is 2.27 bits per heavy atom. The van der Waals surface area contributed by atoms with E-state index in [4.69, 9.17) is 4.74 Å². The van der Waals surface area contributed by atoms with Gasteiger partial charge in [0.2, 0.25) is 0 Å². The second-order valence-corrected chi connectivity index (χ2v) is 9.14. The summed E-state index contributed by atoms with van der Waals surface area (Å²) in [4.78, 5) is 36.5. The second kappa shape index (κ2) is 7.37. The highest BCUT2D eigenvalue weighted by atomic mass is 16.6. The quantitative estimate of drug-likeness (QED) is 0.223. The van der Waals surface area contributed by atoms with Gasteiger partial charge in [0.05, 0.1) is 23.0 Å². The fourth-order valence-electron chi connectivity index (χ4n) is 5.77. The van der Waals surface area contributed by atoms with E-state index in [0.717, 1.165) is 17.0 Å². The molecule has 2 saturated carbocycles. The summed E-state index contributed by atoms with van der Waals surface area (Å²) in [5.41, 5.74) is 1.44. The number of allylic oxidation sites excluding steroid dienone is 2. The van der Waals surface area contributed by atoms with Crippen molar-refractivity contribution in [3.05, 3.63) is 81.9 Å². The van der Waals surface area contributed by atoms with Crippen molar-refractivity contribution in [2.24, 2.45) is 40.6 Å². The van der Waals surface area contributed by atoms with Crippen molar-refractivity contribution in [3.63, 3.8) is 0 Å². The molecule has 0 unspecified atom stereocenters. The Morgan fingerprint density at radius 2 is 1.64 bits per heavy atom. The van der Waals surface area contributed by atoms with Crippen molar-refractivity contribution in [1.29, 1.82) is 0 Å². The van der Waals surface area contributed by atoms with Gasteiger partial charge in [0.15, 0.2) is 0 Å². The van der Waals surface area contributed by atoms with Crippen LogP contribution in [0.1, 0.15) is 17.5 Å². The molecule has 6 atom stereocenters. The molecule has 2 aromatic rings. The number of para-hydroxylation sites is 1. The number of benzene rings is 2. The maximum absolute atomic E-state index is 13.1. The summed E-state index contributed by atoms with van der Waals surface area (Å²) < 4.78 is 5.89. The number of rotatable bonds is 6. The van der Waals surface area contributed by atoms with Crippen LogP contribution in [0, 0.1) is 45.6 Å². The van der Waals surface area contributed by atoms with Crippen LogP contribution in [-0.2, 0) is 16.2 Å². The number of hydrogen-bond donors (Lipinski definition) is 0. The van der Waals surface area contributed by atoms with Gasteiger partial charge >= 0.3 is 0 Å². The minimum absolute atomic E-state index is 0.0211. The molecule has 166 valence electrons. The highest BCUT2D eigenvalue weighted by molar-refractivity contribution is 6.06. The summed E-state index contributed by atoms with van der Waals surface area (Å²) in [5.74, 6) is 1.03. The van der Waals surface area contributed by atoms with Crippen molar-refractivity contribution in [1.82, 2.24) is 5.01 Å². The number of hydrogen-bond acceptors (Lipinski definition) is 6. The summed E-state index contributed by atoms with van der Waals surface area (Å²) in [7, 11) is 0. The number of ether oxygens (including phenoxy) is 1. The lowest BCUT2D eigenvalue weighted by Gasteiger charge is -2.37. The maximum Gasteiger partial charge on any atom is 0.269 e. The van der Waals surface area contributed by atoms with E-state index in [9.17, 15) is 19.7 Å². The van der Waals surface area contributed by atoms with Gasteiger partial charge in [0, 0.05) is 17.7 Å². The van der Waals surface area contributed by atoms with Gasteiger partial charge in [-0.05, 0) is 59.9 Å². The number of carbonyl (C=O) groups is 2. The monoisotopic (exact) mass is 443 g/mol. The van der Waals surface area contributed by atoms with Gasteiger partial charge in [-0.2, -0.15) is 10.1 Å². The molecule has 4 aliphatic carbocycles. The van der Waals surface area contributed by atoms with Crippen LogP contribution in [0.5, 0.6) is 5.75 Å². The fourth-order valence-corrected chi connectivity index (χ4v) is 5.77. The molecule has 7 rings (SSSR count). The van der Waals surface area contributed by atoms with Gasteiger partial charge in [-0.25, -0.2) is 0 Å². The Kier molecular flexibility index (Phi) is 4.43. The first-order valence-corrected chi connectivity index (χ1v) is 11.1. The zero-order valence-corrected chi connectivity index (χ0v) is 17.6. The van der Waals surface area contributed by atoms with E-state index in [0.29, 0.717) is 23.1 Å². The van der Waals surface area contributed by atoms with Crippen LogP contribution in [0.3, 0.4) is 0 Å². The number of non-ortho nitro benzene ring substituents is 1. The van der Waals surface area contributed by atoms with Crippen LogP contribution in [0.4, 0.5) is 5.69 Å². The summed E-state index contributed by atoms with van der Waals surface area (Å²) in [5, 5.41) is 16.2. The molecule has 33 heavy (non-hydrogen) atoms. The summed E-state index contributed by atoms with van der Waals surface area (Å²) >= 11 is 0. The molecule has 2 aromatic carbocycles. The van der Waals surface area contributed by atoms with Crippen molar-refractivity contribution in [2.45, 2.75) is 13.0 Å². The Bertz CT molecular complexity index is 1180. The molecular formula is C25H21N3O5. The normalized spacial score (nSPS) is 31.1. The summed E-state index contributed by atoms with van der Waals surface area (Å²) in [6, 6.07) is 13.4. The third-order valence-corrected chi connectivity index (χ3v) is 7.41. The maximum atomic E-state index is 13.1. The third kappa shape index (κ3) is 3.16. The van der Waals surface area contributed by atoms with Gasteiger partial charge in [-0.3, -0.25) is 19.7 Å². The van der Waals surface area contributed by atoms with Crippen LogP contribution >= 0.6 is 0 Å². The zero-order chi connectivity index (χ0) is 22.7. The standard InChI is InChI=1S/C25H21N3O5/c29-24-22-17-9-10-18(20-11-19(17)20)23(22)25(30)27(24)26-12-15-3-1-2-4-21(15)33-13-14-5-7-16(8-6-14)28(31)32/h1-10,12,17-20,22-23H,11,13H2/b26-12-/t17-,18-,19-,20-,22+,23+/m0/s1. The molecule has 8 heteroatoms. The first-order chi connectivity index (χ1) is 16.0. The van der Waals surface area contributed by atoms with Crippen LogP contribution in [-0.4, -0.2) is 28.0 Å². The zero-order valence-electron chi connectivity index (χ0n) is 17.6. The summed E-state index contributed by atoms with van der Waals surface area (Å²) in [6.45, 7) is 0.215. The third-order valence-electron chi connectivity index (χ3n) is 7.41. The topological polar surface area (TPSA) is 102 Å². The first-order valence-electron chi connectivity index (χ1n) is 11.1. The van der Waals surface area contributed by atoms with Crippen LogP contribution in [0.25, 0.3) is 0 Å². The SMILES string of the molecule is O=C1[C@@H]2[C@H]3C=C[C@@H]([C@@H]4C[C@@H]34)[C@H]2C(=O)N1/N=C\c1ccccc1OCc1ccc([N+](=O)[O-])cc1. The van der Waals surface area contributed by atoms with Crippen LogP contribution in [0.2, 0.25) is 0 Å². The predicted octanol–water partition coefficient (Wildman–Crippen LogP) is 3.56. The summed E-state index contributed by atoms with van der Waals surface area (Å²) in [6.07, 6.45) is 6.90. The molecule has 0 aromatic heterocycles. The van der Waals surface area contributed by atoms with Gasteiger partial charge in [-0.15, -0.1) is 0 Å². The number of nitro benzene ring substituents is 1. The first kappa shape index (κ1) is 19.8. The molecule has 0 radical (unpaired) electrons. The highest BCUT2D eigenvalue weighted by Crippen LogP contribution is 2.65. The van der Waals surface area contributed by atoms with Crippen molar-refractivity contribution < 1.29 is 19.2 Å². The molecule has 8 nitrogen and oxygen atoms in total. The van der Waals surface area contributed by atoms with Crippen LogP contribution < -0.4 is 4.74 Å². The number of imide groups is 1. The van der Waals surface area contributed by atoms with Crippen LogP contribution in [0.15, 0.2) is 65.8 Å². The molecule has 5 aliphatic rings. The number of nitro groups is 1. The molecular weight excluding hydrogens is 422 g/mol. The van der Waals surface area contributed by atoms with E-state index in [-0.39, 0.29) is 47.8 Å². The molecule has 2 amide bonds. The van der Waals surface area contributed by atoms with Gasteiger partial charge < -0.3 is 4.74 Å².